The van der Waals surface area contributed by atoms with Gasteiger partial charge in [-0.2, -0.15) is 5.10 Å². The molecule has 0 spiro atoms. The van der Waals surface area contributed by atoms with Gasteiger partial charge in [-0.3, -0.25) is 9.59 Å². The van der Waals surface area contributed by atoms with Gasteiger partial charge in [-0.15, -0.1) is 0 Å². The first-order valence-electron chi connectivity index (χ1n) is 8.89. The van der Waals surface area contributed by atoms with E-state index in [1.165, 1.54) is 0 Å². The van der Waals surface area contributed by atoms with Crippen LogP contribution in [0.4, 0.5) is 0 Å². The van der Waals surface area contributed by atoms with E-state index in [1.807, 2.05) is 13.8 Å². The largest absolute Gasteiger partial charge is 0.368 e. The van der Waals surface area contributed by atoms with Gasteiger partial charge in [-0.05, 0) is 51.3 Å². The van der Waals surface area contributed by atoms with Crippen LogP contribution in [0.25, 0.3) is 5.69 Å². The Bertz CT molecular complexity index is 894. The molecular formula is C19H22Cl2N4O2. The number of aryl methyl sites for hydroxylation is 1. The number of likely N-dealkylation sites (tertiary alicyclic amines) is 1. The molecule has 1 saturated heterocycles. The molecule has 1 aliphatic heterocycles. The van der Waals surface area contributed by atoms with Crippen LogP contribution in [0.5, 0.6) is 0 Å². The second-order valence-electron chi connectivity index (χ2n) is 6.83. The van der Waals surface area contributed by atoms with Crippen molar-refractivity contribution in [3.63, 3.8) is 0 Å². The van der Waals surface area contributed by atoms with Crippen molar-refractivity contribution in [3.8, 4) is 5.69 Å². The molecule has 2 heterocycles. The van der Waals surface area contributed by atoms with Crippen LogP contribution in [0.3, 0.4) is 0 Å². The van der Waals surface area contributed by atoms with Crippen LogP contribution >= 0.6 is 23.2 Å². The Morgan fingerprint density at radius 3 is 2.67 bits per heavy atom. The highest BCUT2D eigenvalue weighted by molar-refractivity contribution is 6.35. The molecule has 2 amide bonds. The molecule has 1 fully saturated rings. The van der Waals surface area contributed by atoms with E-state index in [0.29, 0.717) is 28.7 Å². The van der Waals surface area contributed by atoms with Gasteiger partial charge in [0.1, 0.15) is 6.04 Å². The minimum atomic E-state index is -0.521. The van der Waals surface area contributed by atoms with Gasteiger partial charge in [0.05, 0.1) is 22.8 Å². The van der Waals surface area contributed by atoms with Crippen LogP contribution in [0.2, 0.25) is 10.0 Å². The lowest BCUT2D eigenvalue weighted by Gasteiger charge is -2.33. The molecule has 1 aromatic carbocycles. The van der Waals surface area contributed by atoms with Gasteiger partial charge >= 0.3 is 0 Å². The summed E-state index contributed by atoms with van der Waals surface area (Å²) in [6.07, 6.45) is 2.58. The maximum absolute atomic E-state index is 12.9. The number of halogens is 2. The normalized spacial score (nSPS) is 17.2. The standard InChI is InChI=1S/C19H22Cl2N4O2/c1-11-14(10-18(26)24-8-4-3-5-17(24)19(22)27)12(2)25(23-11)16-7-6-13(20)9-15(16)21/h6-7,9,17H,3-5,8,10H2,1-2H3,(H2,22,27). The first-order chi connectivity index (χ1) is 12.8. The van der Waals surface area contributed by atoms with E-state index in [4.69, 9.17) is 28.9 Å². The molecule has 0 radical (unpaired) electrons. The van der Waals surface area contributed by atoms with Crippen LogP contribution in [0, 0.1) is 13.8 Å². The van der Waals surface area contributed by atoms with E-state index in [9.17, 15) is 9.59 Å². The summed E-state index contributed by atoms with van der Waals surface area (Å²) >= 11 is 12.3. The van der Waals surface area contributed by atoms with E-state index in [-0.39, 0.29) is 12.3 Å². The average molecular weight is 409 g/mol. The third-order valence-corrected chi connectivity index (χ3v) is 5.60. The summed E-state index contributed by atoms with van der Waals surface area (Å²) in [6, 6.07) is 4.68. The van der Waals surface area contributed by atoms with Crippen LogP contribution in [0.1, 0.15) is 36.2 Å². The van der Waals surface area contributed by atoms with E-state index in [2.05, 4.69) is 5.10 Å². The Kier molecular flexibility index (Phi) is 5.77. The van der Waals surface area contributed by atoms with Gasteiger partial charge in [-0.25, -0.2) is 4.68 Å². The van der Waals surface area contributed by atoms with Crippen LogP contribution in [0.15, 0.2) is 18.2 Å². The molecular weight excluding hydrogens is 387 g/mol. The summed E-state index contributed by atoms with van der Waals surface area (Å²) in [4.78, 5) is 26.2. The number of nitrogens with two attached hydrogens (primary N) is 1. The van der Waals surface area contributed by atoms with Gasteiger partial charge in [0.15, 0.2) is 0 Å². The summed E-state index contributed by atoms with van der Waals surface area (Å²) in [7, 11) is 0. The molecule has 3 rings (SSSR count). The van der Waals surface area contributed by atoms with E-state index in [0.717, 1.165) is 29.8 Å². The summed E-state index contributed by atoms with van der Waals surface area (Å²) in [6.45, 7) is 4.31. The third-order valence-electron chi connectivity index (χ3n) is 5.06. The zero-order valence-corrected chi connectivity index (χ0v) is 16.8. The minimum Gasteiger partial charge on any atom is -0.368 e. The van der Waals surface area contributed by atoms with Crippen molar-refractivity contribution in [1.82, 2.24) is 14.7 Å². The number of hydrogen-bond donors (Lipinski definition) is 1. The Balaban J connectivity index is 1.88. The number of nitrogens with zero attached hydrogens (tertiary/aromatic N) is 3. The molecule has 1 atom stereocenters. The third kappa shape index (κ3) is 3.96. The number of amides is 2. The zero-order chi connectivity index (χ0) is 19.7. The fraction of sp³-hybridized carbons (Fsp3) is 0.421. The predicted octanol–water partition coefficient (Wildman–Crippen LogP) is 3.20. The molecule has 1 aromatic heterocycles. The number of carbonyl (C=O) groups excluding carboxylic acids is 2. The number of carbonyl (C=O) groups is 2. The average Bonchev–Trinajstić information content (AvgIpc) is 2.89. The van der Waals surface area contributed by atoms with Gasteiger partial charge in [-0.1, -0.05) is 23.2 Å². The molecule has 0 aliphatic carbocycles. The van der Waals surface area contributed by atoms with Gasteiger partial charge in [0, 0.05) is 22.8 Å². The topological polar surface area (TPSA) is 81.2 Å². The van der Waals surface area contributed by atoms with Crippen molar-refractivity contribution in [3.05, 3.63) is 45.2 Å². The highest BCUT2D eigenvalue weighted by Crippen LogP contribution is 2.27. The molecule has 0 bridgehead atoms. The molecule has 0 saturated carbocycles. The molecule has 144 valence electrons. The summed E-state index contributed by atoms with van der Waals surface area (Å²) in [5, 5.41) is 5.58. The number of rotatable bonds is 4. The first kappa shape index (κ1) is 19.7. The second-order valence-corrected chi connectivity index (χ2v) is 7.68. The molecule has 2 N–H and O–H groups in total. The SMILES string of the molecule is Cc1nn(-c2ccc(Cl)cc2Cl)c(C)c1CC(=O)N1CCCCC1C(N)=O. The van der Waals surface area contributed by atoms with Crippen LogP contribution < -0.4 is 5.73 Å². The quantitative estimate of drug-likeness (QED) is 0.842. The number of hydrogen-bond acceptors (Lipinski definition) is 3. The first-order valence-corrected chi connectivity index (χ1v) is 9.64. The molecule has 1 unspecified atom stereocenters. The molecule has 1 aliphatic rings. The van der Waals surface area contributed by atoms with E-state index >= 15 is 0 Å². The van der Waals surface area contributed by atoms with Gasteiger partial charge < -0.3 is 10.6 Å². The fourth-order valence-corrected chi connectivity index (χ4v) is 4.09. The second kappa shape index (κ2) is 7.90. The monoisotopic (exact) mass is 408 g/mol. The predicted molar refractivity (Wildman–Crippen MR) is 105 cm³/mol. The van der Waals surface area contributed by atoms with E-state index in [1.54, 1.807) is 27.8 Å². The van der Waals surface area contributed by atoms with Crippen molar-refractivity contribution in [2.75, 3.05) is 6.54 Å². The minimum absolute atomic E-state index is 0.105. The van der Waals surface area contributed by atoms with Crippen molar-refractivity contribution >= 4 is 35.0 Å². The van der Waals surface area contributed by atoms with Gasteiger partial charge in [0.25, 0.3) is 0 Å². The number of primary amides is 1. The lowest BCUT2D eigenvalue weighted by Crippen LogP contribution is -2.51. The Morgan fingerprint density at radius 2 is 2.00 bits per heavy atom. The highest BCUT2D eigenvalue weighted by Gasteiger charge is 2.31. The Morgan fingerprint density at radius 1 is 1.26 bits per heavy atom. The molecule has 6 nitrogen and oxygen atoms in total. The number of aromatic nitrogens is 2. The lowest BCUT2D eigenvalue weighted by molar-refractivity contribution is -0.140. The lowest BCUT2D eigenvalue weighted by atomic mass is 10.00. The molecule has 2 aromatic rings. The Hall–Kier alpha value is -2.05. The maximum atomic E-state index is 12.9. The Labute approximate surface area is 168 Å². The van der Waals surface area contributed by atoms with E-state index < -0.39 is 11.9 Å². The van der Waals surface area contributed by atoms with Crippen LogP contribution in [-0.2, 0) is 16.0 Å². The number of piperidine rings is 1. The van der Waals surface area contributed by atoms with Crippen molar-refractivity contribution < 1.29 is 9.59 Å². The fourth-order valence-electron chi connectivity index (χ4n) is 3.60. The molecule has 27 heavy (non-hydrogen) atoms. The van der Waals surface area contributed by atoms with Crippen molar-refractivity contribution in [2.45, 2.75) is 45.6 Å². The van der Waals surface area contributed by atoms with Crippen molar-refractivity contribution in [2.24, 2.45) is 5.73 Å². The zero-order valence-electron chi connectivity index (χ0n) is 15.3. The van der Waals surface area contributed by atoms with Gasteiger partial charge in [0.2, 0.25) is 11.8 Å². The maximum Gasteiger partial charge on any atom is 0.240 e. The molecule has 8 heteroatoms. The smallest absolute Gasteiger partial charge is 0.240 e. The number of benzene rings is 1. The highest BCUT2D eigenvalue weighted by atomic mass is 35.5. The summed E-state index contributed by atoms with van der Waals surface area (Å²) < 4.78 is 1.72. The summed E-state index contributed by atoms with van der Waals surface area (Å²) in [5.74, 6) is -0.549. The van der Waals surface area contributed by atoms with Crippen molar-refractivity contribution in [1.29, 1.82) is 0 Å². The van der Waals surface area contributed by atoms with Crippen LogP contribution in [-0.4, -0.2) is 39.1 Å². The summed E-state index contributed by atoms with van der Waals surface area (Å²) in [5.41, 5.74) is 8.60.